The molecule has 1 N–H and O–H groups in total. The van der Waals surface area contributed by atoms with E-state index < -0.39 is 0 Å². The molecule has 4 aromatic rings. The zero-order valence-corrected chi connectivity index (χ0v) is 17.6. The number of aromatic nitrogens is 2. The van der Waals surface area contributed by atoms with Gasteiger partial charge in [-0.1, -0.05) is 60.7 Å². The van der Waals surface area contributed by atoms with Crippen LogP contribution in [0.4, 0.5) is 0 Å². The molecule has 2 atom stereocenters. The zero-order chi connectivity index (χ0) is 20.7. The maximum Gasteiger partial charge on any atom is 0.137 e. The predicted octanol–water partition coefficient (Wildman–Crippen LogP) is 6.37. The minimum Gasteiger partial charge on any atom is -0.382 e. The van der Waals surface area contributed by atoms with Crippen LogP contribution in [0.25, 0.3) is 22.6 Å². The topological polar surface area (TPSA) is 29.3 Å². The van der Waals surface area contributed by atoms with Gasteiger partial charge in [-0.25, -0.2) is 4.98 Å². The Hall–Kier alpha value is -3.33. The highest BCUT2D eigenvalue weighted by molar-refractivity contribution is 5.66. The first-order valence-corrected chi connectivity index (χ1v) is 10.7. The Morgan fingerprint density at radius 1 is 1.03 bits per heavy atom. The summed E-state index contributed by atoms with van der Waals surface area (Å²) in [5.74, 6) is 0.559. The summed E-state index contributed by atoms with van der Waals surface area (Å²) in [6.45, 7) is 8.72. The Labute approximate surface area is 179 Å². The lowest BCUT2D eigenvalue weighted by Gasteiger charge is -2.39. The number of benzene rings is 2. The predicted molar refractivity (Wildman–Crippen MR) is 127 cm³/mol. The van der Waals surface area contributed by atoms with Gasteiger partial charge in [-0.05, 0) is 49.9 Å². The van der Waals surface area contributed by atoms with Crippen LogP contribution in [0.15, 0.2) is 79.6 Å². The molecule has 0 bridgehead atoms. The van der Waals surface area contributed by atoms with Crippen molar-refractivity contribution < 1.29 is 1.43 Å². The second-order valence-corrected chi connectivity index (χ2v) is 8.45. The molecule has 3 heteroatoms. The molecule has 0 aliphatic heterocycles. The summed E-state index contributed by atoms with van der Waals surface area (Å²) in [5.41, 5.74) is 9.33. The van der Waals surface area contributed by atoms with E-state index in [2.05, 4.69) is 85.0 Å². The van der Waals surface area contributed by atoms with Crippen LogP contribution in [0.5, 0.6) is 0 Å². The largest absolute Gasteiger partial charge is 0.382 e. The van der Waals surface area contributed by atoms with Gasteiger partial charge < -0.3 is 9.72 Å². The number of aryl methyl sites for hydroxylation is 2. The smallest absolute Gasteiger partial charge is 0.137 e. The second-order valence-electron chi connectivity index (χ2n) is 8.45. The van der Waals surface area contributed by atoms with Crippen LogP contribution in [0.2, 0.25) is 0 Å². The highest BCUT2D eigenvalue weighted by Gasteiger charge is 2.33. The number of pyridine rings is 1. The van der Waals surface area contributed by atoms with Gasteiger partial charge in [0.25, 0.3) is 0 Å². The van der Waals surface area contributed by atoms with E-state index in [1.165, 1.54) is 29.5 Å². The van der Waals surface area contributed by atoms with E-state index in [0.717, 1.165) is 28.2 Å². The fourth-order valence-corrected chi connectivity index (χ4v) is 4.51. The van der Waals surface area contributed by atoms with Crippen molar-refractivity contribution in [3.05, 3.63) is 102 Å². The minimum absolute atomic E-state index is 0. The normalized spacial score (nSPS) is 18.2. The number of nitrogens with one attached hydrogen (secondary N) is 1. The van der Waals surface area contributed by atoms with E-state index in [9.17, 15) is 0 Å². The fourth-order valence-electron chi connectivity index (χ4n) is 4.51. The first-order valence-electron chi connectivity index (χ1n) is 10.7. The molecule has 3 nitrogen and oxygen atoms in total. The standard InChI is InChI=1S/C27H27N3.H2/c1-18-9-11-23(19(2)15-18)24-12-13-25(24)28-20(3)22-10-14-27-29-26(17-30(27)16-22)21-7-5-4-6-8-21;/h4-11,14-17,24-25,28H,3,12-13H2,1-2H3;1H. The van der Waals surface area contributed by atoms with Crippen LogP contribution in [-0.4, -0.2) is 15.4 Å². The molecule has 0 radical (unpaired) electrons. The van der Waals surface area contributed by atoms with Gasteiger partial charge in [0.05, 0.1) is 5.69 Å². The van der Waals surface area contributed by atoms with Crippen molar-refractivity contribution in [1.29, 1.82) is 0 Å². The van der Waals surface area contributed by atoms with Crippen molar-refractivity contribution in [3.8, 4) is 11.3 Å². The van der Waals surface area contributed by atoms with Gasteiger partial charge in [0.1, 0.15) is 5.65 Å². The maximum absolute atomic E-state index is 4.75. The van der Waals surface area contributed by atoms with Crippen molar-refractivity contribution in [1.82, 2.24) is 14.7 Å². The fraction of sp³-hybridized carbons (Fsp3) is 0.222. The van der Waals surface area contributed by atoms with Crippen molar-refractivity contribution in [2.45, 2.75) is 38.6 Å². The van der Waals surface area contributed by atoms with Crippen molar-refractivity contribution >= 4 is 11.3 Å². The van der Waals surface area contributed by atoms with Crippen LogP contribution >= 0.6 is 0 Å². The highest BCUT2D eigenvalue weighted by Crippen LogP contribution is 2.39. The van der Waals surface area contributed by atoms with Crippen LogP contribution < -0.4 is 5.32 Å². The van der Waals surface area contributed by atoms with Gasteiger partial charge in [0.15, 0.2) is 0 Å². The number of imidazole rings is 1. The molecular formula is C27H29N3. The molecule has 0 saturated heterocycles. The van der Waals surface area contributed by atoms with Crippen molar-refractivity contribution in [2.24, 2.45) is 0 Å². The molecule has 2 heterocycles. The Balaban J connectivity index is 0.00000231. The van der Waals surface area contributed by atoms with Gasteiger partial charge >= 0.3 is 0 Å². The van der Waals surface area contributed by atoms with E-state index in [1.807, 2.05) is 18.2 Å². The summed E-state index contributed by atoms with van der Waals surface area (Å²) < 4.78 is 2.09. The summed E-state index contributed by atoms with van der Waals surface area (Å²) >= 11 is 0. The first kappa shape index (κ1) is 18.7. The number of nitrogens with zero attached hydrogens (tertiary/aromatic N) is 2. The molecule has 0 spiro atoms. The SMILES string of the molecule is C=C(NC1CCC1c1ccc(C)cc1C)c1ccc2nc(-c3ccccc3)cn2c1.[HH]. The minimum atomic E-state index is 0. The van der Waals surface area contributed by atoms with Crippen molar-refractivity contribution in [2.75, 3.05) is 0 Å². The van der Waals surface area contributed by atoms with E-state index >= 15 is 0 Å². The molecular weight excluding hydrogens is 366 g/mol. The lowest BCUT2D eigenvalue weighted by atomic mass is 9.73. The highest BCUT2D eigenvalue weighted by atomic mass is 15.0. The Morgan fingerprint density at radius 3 is 2.60 bits per heavy atom. The van der Waals surface area contributed by atoms with Gasteiger partial charge in [0.2, 0.25) is 0 Å². The molecule has 1 saturated carbocycles. The van der Waals surface area contributed by atoms with Crippen molar-refractivity contribution in [3.63, 3.8) is 0 Å². The molecule has 0 amide bonds. The van der Waals surface area contributed by atoms with Crippen LogP contribution in [-0.2, 0) is 0 Å². The van der Waals surface area contributed by atoms with Gasteiger partial charge in [-0.15, -0.1) is 0 Å². The second kappa shape index (κ2) is 7.49. The van der Waals surface area contributed by atoms with Gasteiger partial charge in [-0.2, -0.15) is 0 Å². The summed E-state index contributed by atoms with van der Waals surface area (Å²) in [7, 11) is 0. The van der Waals surface area contributed by atoms with E-state index in [1.54, 1.807) is 0 Å². The van der Waals surface area contributed by atoms with Gasteiger partial charge in [0, 0.05) is 42.6 Å². The number of rotatable bonds is 5. The average Bonchev–Trinajstić information content (AvgIpc) is 3.17. The third-order valence-electron chi connectivity index (χ3n) is 6.33. The summed E-state index contributed by atoms with van der Waals surface area (Å²) in [6.07, 6.45) is 6.62. The maximum atomic E-state index is 4.75. The van der Waals surface area contributed by atoms with E-state index in [0.29, 0.717) is 12.0 Å². The third-order valence-corrected chi connectivity index (χ3v) is 6.33. The summed E-state index contributed by atoms with van der Waals surface area (Å²) in [4.78, 5) is 4.75. The molecule has 2 aromatic carbocycles. The number of fused-ring (bicyclic) bond motifs is 1. The quantitative estimate of drug-likeness (QED) is 0.425. The van der Waals surface area contributed by atoms with E-state index in [4.69, 9.17) is 4.98 Å². The molecule has 1 fully saturated rings. The number of hydrogen-bond donors (Lipinski definition) is 1. The van der Waals surface area contributed by atoms with Gasteiger partial charge in [-0.3, -0.25) is 0 Å². The lowest BCUT2D eigenvalue weighted by Crippen LogP contribution is -2.41. The average molecular weight is 396 g/mol. The number of hydrogen-bond acceptors (Lipinski definition) is 2. The monoisotopic (exact) mass is 395 g/mol. The molecule has 1 aliphatic rings. The molecule has 152 valence electrons. The first-order chi connectivity index (χ1) is 14.6. The van der Waals surface area contributed by atoms with E-state index in [-0.39, 0.29) is 1.43 Å². The zero-order valence-electron chi connectivity index (χ0n) is 17.6. The van der Waals surface area contributed by atoms with Crippen LogP contribution in [0.1, 0.15) is 42.4 Å². The Kier molecular flexibility index (Phi) is 4.66. The summed E-state index contributed by atoms with van der Waals surface area (Å²) in [6, 6.07) is 21.7. The molecule has 1 aliphatic carbocycles. The molecule has 2 unspecified atom stereocenters. The molecule has 5 rings (SSSR count). The molecule has 30 heavy (non-hydrogen) atoms. The Morgan fingerprint density at radius 2 is 1.87 bits per heavy atom. The van der Waals surface area contributed by atoms with Crippen LogP contribution in [0.3, 0.4) is 0 Å². The third kappa shape index (κ3) is 3.41. The molecule has 2 aromatic heterocycles. The lowest BCUT2D eigenvalue weighted by molar-refractivity contribution is 0.313. The van der Waals surface area contributed by atoms with Crippen LogP contribution in [0, 0.1) is 13.8 Å². The summed E-state index contributed by atoms with van der Waals surface area (Å²) in [5, 5.41) is 3.70. The Bertz CT molecular complexity index is 1230.